The van der Waals surface area contributed by atoms with Crippen molar-refractivity contribution in [2.45, 2.75) is 18.1 Å². The molecule has 0 radical (unpaired) electrons. The Labute approximate surface area is 174 Å². The SMILES string of the molecule is COCC1(NC(=O)c2cnn(-c3ccc(Cl)cc3)n2)CCNC1.O=C(O)C(F)(F)F. The Bertz CT molecular complexity index is 867. The number of carboxylic acid groups (broad SMARTS) is 1. The maximum absolute atomic E-state index is 12.4. The number of nitrogens with zero attached hydrogens (tertiary/aromatic N) is 3. The molecule has 0 aliphatic carbocycles. The molecule has 1 aromatic heterocycles. The van der Waals surface area contributed by atoms with Crippen LogP contribution in [0.2, 0.25) is 5.02 Å². The molecule has 1 atom stereocenters. The van der Waals surface area contributed by atoms with Gasteiger partial charge in [-0.2, -0.15) is 23.1 Å². The van der Waals surface area contributed by atoms with E-state index in [1.807, 2.05) is 0 Å². The highest BCUT2D eigenvalue weighted by Gasteiger charge is 2.38. The van der Waals surface area contributed by atoms with Gasteiger partial charge in [-0.25, -0.2) is 4.79 Å². The standard InChI is InChI=1S/C15H18ClN5O2.C2HF3O2/c1-23-10-15(6-7-17-9-15)19-14(22)13-8-18-21(20-13)12-4-2-11(16)3-5-12;3-2(4,5)1(6)7/h2-5,8,17H,6-7,9-10H2,1H3,(H,19,22);(H,6,7). The first-order chi connectivity index (χ1) is 14.1. The highest BCUT2D eigenvalue weighted by molar-refractivity contribution is 6.30. The minimum atomic E-state index is -5.08. The van der Waals surface area contributed by atoms with Crippen molar-refractivity contribution in [2.75, 3.05) is 26.8 Å². The van der Waals surface area contributed by atoms with Gasteiger partial charge in [0.05, 0.1) is 24.0 Å². The van der Waals surface area contributed by atoms with Crippen LogP contribution in [0.4, 0.5) is 13.2 Å². The highest BCUT2D eigenvalue weighted by Crippen LogP contribution is 2.16. The molecule has 0 saturated carbocycles. The third kappa shape index (κ3) is 6.40. The first-order valence-corrected chi connectivity index (χ1v) is 8.95. The summed E-state index contributed by atoms with van der Waals surface area (Å²) in [6.45, 7) is 1.98. The number of carbonyl (C=O) groups is 2. The average molecular weight is 450 g/mol. The maximum Gasteiger partial charge on any atom is 0.490 e. The second-order valence-corrected chi connectivity index (χ2v) is 6.83. The van der Waals surface area contributed by atoms with Crippen LogP contribution in [-0.4, -0.2) is 70.5 Å². The molecule has 0 spiro atoms. The number of hydrogen-bond acceptors (Lipinski definition) is 6. The molecule has 1 aromatic carbocycles. The Kier molecular flexibility index (Phi) is 7.76. The van der Waals surface area contributed by atoms with E-state index in [0.29, 0.717) is 18.2 Å². The summed E-state index contributed by atoms with van der Waals surface area (Å²) >= 11 is 5.86. The van der Waals surface area contributed by atoms with Crippen molar-refractivity contribution >= 4 is 23.5 Å². The van der Waals surface area contributed by atoms with E-state index in [4.69, 9.17) is 26.2 Å². The normalized spacial score (nSPS) is 18.4. The van der Waals surface area contributed by atoms with Crippen LogP contribution in [-0.2, 0) is 9.53 Å². The zero-order chi connectivity index (χ0) is 22.4. The summed E-state index contributed by atoms with van der Waals surface area (Å²) in [5.41, 5.74) is 0.612. The number of alkyl halides is 3. The quantitative estimate of drug-likeness (QED) is 0.635. The van der Waals surface area contributed by atoms with E-state index in [9.17, 15) is 18.0 Å². The third-order valence-corrected chi connectivity index (χ3v) is 4.32. The number of ether oxygens (including phenoxy) is 1. The molecule has 1 aliphatic heterocycles. The zero-order valence-corrected chi connectivity index (χ0v) is 16.5. The fraction of sp³-hybridized carbons (Fsp3) is 0.412. The van der Waals surface area contributed by atoms with E-state index in [1.54, 1.807) is 31.4 Å². The number of nitrogens with one attached hydrogen (secondary N) is 2. The van der Waals surface area contributed by atoms with Crippen LogP contribution in [0.5, 0.6) is 0 Å². The van der Waals surface area contributed by atoms with Crippen molar-refractivity contribution in [3.63, 3.8) is 0 Å². The van der Waals surface area contributed by atoms with Crippen molar-refractivity contribution in [3.8, 4) is 5.69 Å². The van der Waals surface area contributed by atoms with Crippen molar-refractivity contribution in [3.05, 3.63) is 41.2 Å². The van der Waals surface area contributed by atoms with Gasteiger partial charge in [-0.3, -0.25) is 4.79 Å². The largest absolute Gasteiger partial charge is 0.490 e. The number of halogens is 4. The molecular formula is C17H19ClF3N5O4. The number of aliphatic carboxylic acids is 1. The number of carbonyl (C=O) groups excluding carboxylic acids is 1. The highest BCUT2D eigenvalue weighted by atomic mass is 35.5. The van der Waals surface area contributed by atoms with E-state index in [1.165, 1.54) is 11.0 Å². The smallest absolute Gasteiger partial charge is 0.475 e. The molecule has 30 heavy (non-hydrogen) atoms. The summed E-state index contributed by atoms with van der Waals surface area (Å²) in [5, 5.41) is 22.4. The lowest BCUT2D eigenvalue weighted by Crippen LogP contribution is -2.53. The van der Waals surface area contributed by atoms with Crippen LogP contribution in [0.1, 0.15) is 16.9 Å². The zero-order valence-electron chi connectivity index (χ0n) is 15.7. The molecule has 1 aliphatic rings. The summed E-state index contributed by atoms with van der Waals surface area (Å²) in [4.78, 5) is 22.7. The minimum Gasteiger partial charge on any atom is -0.475 e. The van der Waals surface area contributed by atoms with E-state index >= 15 is 0 Å². The van der Waals surface area contributed by atoms with Crippen molar-refractivity contribution < 1.29 is 32.6 Å². The molecule has 2 heterocycles. The lowest BCUT2D eigenvalue weighted by Gasteiger charge is -2.28. The van der Waals surface area contributed by atoms with Crippen LogP contribution in [0.25, 0.3) is 5.69 Å². The number of rotatable bonds is 5. The Morgan fingerprint density at radius 3 is 2.50 bits per heavy atom. The number of aromatic nitrogens is 3. The molecule has 13 heteroatoms. The van der Waals surface area contributed by atoms with Gasteiger partial charge in [0, 0.05) is 18.7 Å². The first-order valence-electron chi connectivity index (χ1n) is 8.57. The van der Waals surface area contributed by atoms with Crippen LogP contribution >= 0.6 is 11.6 Å². The minimum absolute atomic E-state index is 0.258. The van der Waals surface area contributed by atoms with Gasteiger partial charge >= 0.3 is 12.1 Å². The number of carboxylic acids is 1. The van der Waals surface area contributed by atoms with E-state index in [2.05, 4.69) is 20.8 Å². The van der Waals surface area contributed by atoms with Gasteiger partial charge in [0.15, 0.2) is 5.69 Å². The fourth-order valence-corrected chi connectivity index (χ4v) is 2.78. The van der Waals surface area contributed by atoms with Gasteiger partial charge in [0.2, 0.25) is 0 Å². The summed E-state index contributed by atoms with van der Waals surface area (Å²) in [6.07, 6.45) is -2.81. The lowest BCUT2D eigenvalue weighted by atomic mass is 9.99. The van der Waals surface area contributed by atoms with Crippen LogP contribution < -0.4 is 10.6 Å². The predicted octanol–water partition coefficient (Wildman–Crippen LogP) is 1.66. The molecule has 1 amide bonds. The second-order valence-electron chi connectivity index (χ2n) is 6.39. The molecule has 1 unspecified atom stereocenters. The van der Waals surface area contributed by atoms with Crippen LogP contribution in [0, 0.1) is 0 Å². The van der Waals surface area contributed by atoms with Crippen molar-refractivity contribution in [2.24, 2.45) is 0 Å². The fourth-order valence-electron chi connectivity index (χ4n) is 2.66. The van der Waals surface area contributed by atoms with Gasteiger partial charge in [0.1, 0.15) is 0 Å². The van der Waals surface area contributed by atoms with E-state index < -0.39 is 17.7 Å². The monoisotopic (exact) mass is 449 g/mol. The average Bonchev–Trinajstić information content (AvgIpc) is 3.32. The van der Waals surface area contributed by atoms with E-state index in [-0.39, 0.29) is 11.6 Å². The lowest BCUT2D eigenvalue weighted by molar-refractivity contribution is -0.192. The van der Waals surface area contributed by atoms with Crippen LogP contribution in [0.15, 0.2) is 30.5 Å². The third-order valence-electron chi connectivity index (χ3n) is 4.07. The molecule has 0 bridgehead atoms. The maximum atomic E-state index is 12.4. The van der Waals surface area contributed by atoms with Gasteiger partial charge in [-0.15, -0.1) is 5.10 Å². The molecule has 2 aromatic rings. The van der Waals surface area contributed by atoms with Crippen molar-refractivity contribution in [1.82, 2.24) is 25.6 Å². The van der Waals surface area contributed by atoms with E-state index in [0.717, 1.165) is 18.7 Å². The number of hydrogen-bond donors (Lipinski definition) is 3. The number of amides is 1. The Hall–Kier alpha value is -2.70. The molecule has 3 N–H and O–H groups in total. The number of benzene rings is 1. The first kappa shape index (κ1) is 23.6. The van der Waals surface area contributed by atoms with Gasteiger partial charge < -0.3 is 20.5 Å². The Balaban J connectivity index is 0.000000396. The number of methoxy groups -OCH3 is 1. The summed E-state index contributed by atoms with van der Waals surface area (Å²) in [6, 6.07) is 7.07. The summed E-state index contributed by atoms with van der Waals surface area (Å²) in [7, 11) is 1.63. The Morgan fingerprint density at radius 2 is 2.00 bits per heavy atom. The van der Waals surface area contributed by atoms with Crippen molar-refractivity contribution in [1.29, 1.82) is 0 Å². The molecule has 9 nitrogen and oxygen atoms in total. The Morgan fingerprint density at radius 1 is 1.37 bits per heavy atom. The van der Waals surface area contributed by atoms with Crippen LogP contribution in [0.3, 0.4) is 0 Å². The van der Waals surface area contributed by atoms with Gasteiger partial charge in [0.25, 0.3) is 5.91 Å². The summed E-state index contributed by atoms with van der Waals surface area (Å²) in [5.74, 6) is -3.02. The molecular weight excluding hydrogens is 431 g/mol. The van der Waals surface area contributed by atoms with Gasteiger partial charge in [-0.1, -0.05) is 11.6 Å². The molecule has 3 rings (SSSR count). The summed E-state index contributed by atoms with van der Waals surface area (Å²) < 4.78 is 37.0. The topological polar surface area (TPSA) is 118 Å². The molecule has 1 saturated heterocycles. The molecule has 164 valence electrons. The molecule has 1 fully saturated rings. The predicted molar refractivity (Wildman–Crippen MR) is 99.6 cm³/mol. The second kappa shape index (κ2) is 9.87. The van der Waals surface area contributed by atoms with Gasteiger partial charge in [-0.05, 0) is 37.2 Å².